The molecule has 17 heavy (non-hydrogen) atoms. The van der Waals surface area contributed by atoms with E-state index < -0.39 is 0 Å². The number of nitrogens with zero attached hydrogens (tertiary/aromatic N) is 1. The lowest BCUT2D eigenvalue weighted by atomic mass is 10.3. The van der Waals surface area contributed by atoms with Crippen molar-refractivity contribution in [3.8, 4) is 0 Å². The molecule has 0 aromatic heterocycles. The number of hydrogen-bond acceptors (Lipinski definition) is 1. The Morgan fingerprint density at radius 3 is 2.59 bits per heavy atom. The molecular formula is C10H15ClN5O+. The molecule has 1 aromatic rings. The Kier molecular flexibility index (Phi) is 5.25. The van der Waals surface area contributed by atoms with Crippen LogP contribution in [0.3, 0.4) is 0 Å². The van der Waals surface area contributed by atoms with Crippen molar-refractivity contribution in [3.05, 3.63) is 29.3 Å². The Bertz CT molecular complexity index is 415. The third-order valence-electron chi connectivity index (χ3n) is 1.78. The Hall–Kier alpha value is -1.79. The van der Waals surface area contributed by atoms with Crippen molar-refractivity contribution in [1.82, 2.24) is 0 Å². The molecule has 0 saturated heterocycles. The number of nitrogens with one attached hydrogen (secondary N) is 2. The molecule has 1 aromatic carbocycles. The maximum Gasteiger partial charge on any atom is 0.385 e. The Morgan fingerprint density at radius 1 is 1.35 bits per heavy atom. The fourth-order valence-electron chi connectivity index (χ4n) is 1.06. The van der Waals surface area contributed by atoms with Gasteiger partial charge in [-0.15, -0.1) is 0 Å². The zero-order chi connectivity index (χ0) is 12.7. The summed E-state index contributed by atoms with van der Waals surface area (Å²) in [6, 6.07) is 6.99. The summed E-state index contributed by atoms with van der Waals surface area (Å²) in [5, 5.41) is 12.1. The first-order valence-corrected chi connectivity index (χ1v) is 5.33. The van der Waals surface area contributed by atoms with Crippen LogP contribution in [0.4, 0.5) is 5.69 Å². The van der Waals surface area contributed by atoms with Crippen molar-refractivity contribution < 1.29 is 10.1 Å². The summed E-state index contributed by atoms with van der Waals surface area (Å²) < 4.78 is 0. The van der Waals surface area contributed by atoms with Gasteiger partial charge >= 0.3 is 5.96 Å². The Morgan fingerprint density at radius 2 is 2.00 bits per heavy atom. The highest BCUT2D eigenvalue weighted by Gasteiger charge is 2.02. The summed E-state index contributed by atoms with van der Waals surface area (Å²) in [4.78, 5) is 6.53. The molecular weight excluding hydrogens is 242 g/mol. The fraction of sp³-hybridized carbons (Fsp3) is 0.200. The van der Waals surface area contributed by atoms with Gasteiger partial charge in [-0.3, -0.25) is 10.7 Å². The van der Waals surface area contributed by atoms with Crippen molar-refractivity contribution >= 4 is 29.2 Å². The number of halogens is 1. The second-order valence-electron chi connectivity index (χ2n) is 3.16. The van der Waals surface area contributed by atoms with E-state index in [4.69, 9.17) is 28.2 Å². The van der Waals surface area contributed by atoms with Crippen molar-refractivity contribution in [2.45, 2.75) is 0 Å². The van der Waals surface area contributed by atoms with E-state index in [0.717, 1.165) is 5.69 Å². The van der Waals surface area contributed by atoms with Crippen LogP contribution in [0.2, 0.25) is 5.02 Å². The van der Waals surface area contributed by atoms with E-state index >= 15 is 0 Å². The van der Waals surface area contributed by atoms with Gasteiger partial charge in [0.25, 0.3) is 5.96 Å². The summed E-state index contributed by atoms with van der Waals surface area (Å²) in [5.41, 5.74) is 11.9. The predicted octanol–water partition coefficient (Wildman–Crippen LogP) is -1.55. The van der Waals surface area contributed by atoms with Gasteiger partial charge in [0.15, 0.2) is 0 Å². The van der Waals surface area contributed by atoms with Gasteiger partial charge in [-0.2, -0.15) is 0 Å². The van der Waals surface area contributed by atoms with Gasteiger partial charge in [-0.05, 0) is 29.3 Å². The van der Waals surface area contributed by atoms with Crippen LogP contribution in [0, 0.1) is 0 Å². The second-order valence-corrected chi connectivity index (χ2v) is 3.60. The number of hydrogen-bond donors (Lipinski definition) is 5. The third kappa shape index (κ3) is 5.19. The van der Waals surface area contributed by atoms with Gasteiger partial charge in [0.05, 0.1) is 13.2 Å². The molecule has 0 unspecified atom stereocenters. The lowest BCUT2D eigenvalue weighted by Crippen LogP contribution is -2.76. The zero-order valence-corrected chi connectivity index (χ0v) is 9.91. The van der Waals surface area contributed by atoms with Crippen LogP contribution in [-0.4, -0.2) is 30.2 Å². The summed E-state index contributed by atoms with van der Waals surface area (Å²) in [5.74, 6) is 0.285. The molecule has 0 bridgehead atoms. The standard InChI is InChI=1S/C10H14ClN5O/c11-7-1-3-8(4-2-7)15-10(13)16-9(12)14-5-6-17/h1-4,17H,5-6H2,(H5,12,13,14,15,16)/p+1. The lowest BCUT2D eigenvalue weighted by Gasteiger charge is -2.01. The molecule has 7 heteroatoms. The molecule has 0 amide bonds. The number of nitrogens with two attached hydrogens (primary N) is 2. The van der Waals surface area contributed by atoms with Crippen molar-refractivity contribution in [3.63, 3.8) is 0 Å². The highest BCUT2D eigenvalue weighted by molar-refractivity contribution is 6.30. The number of benzene rings is 1. The number of aliphatic imine (C=N–C) groups is 1. The minimum absolute atomic E-state index is 0.0270. The largest absolute Gasteiger partial charge is 0.393 e. The van der Waals surface area contributed by atoms with Crippen LogP contribution in [0.1, 0.15) is 0 Å². The minimum atomic E-state index is -0.0270. The number of anilines is 1. The Labute approximate surface area is 104 Å². The highest BCUT2D eigenvalue weighted by Crippen LogP contribution is 2.12. The highest BCUT2D eigenvalue weighted by atomic mass is 35.5. The molecule has 0 aliphatic carbocycles. The quantitative estimate of drug-likeness (QED) is 0.333. The Balaban J connectivity index is 2.62. The topological polar surface area (TPSA) is 111 Å². The van der Waals surface area contributed by atoms with Gasteiger partial charge in [0.1, 0.15) is 0 Å². The van der Waals surface area contributed by atoms with Crippen LogP contribution in [-0.2, 0) is 0 Å². The van der Waals surface area contributed by atoms with E-state index in [1.54, 1.807) is 24.3 Å². The molecule has 92 valence electrons. The van der Waals surface area contributed by atoms with Crippen LogP contribution < -0.4 is 21.8 Å². The molecule has 0 spiro atoms. The van der Waals surface area contributed by atoms with Crippen molar-refractivity contribution in [1.29, 1.82) is 0 Å². The normalized spacial score (nSPS) is 12.6. The molecule has 0 aliphatic heterocycles. The first kappa shape index (κ1) is 13.3. The van der Waals surface area contributed by atoms with Crippen LogP contribution in [0.5, 0.6) is 0 Å². The number of rotatable bonds is 3. The zero-order valence-electron chi connectivity index (χ0n) is 9.15. The lowest BCUT2D eigenvalue weighted by molar-refractivity contribution is -0.462. The maximum atomic E-state index is 8.57. The molecule has 0 fully saturated rings. The van der Waals surface area contributed by atoms with E-state index in [-0.39, 0.29) is 18.5 Å². The number of guanidine groups is 2. The smallest absolute Gasteiger partial charge is 0.385 e. The van der Waals surface area contributed by atoms with Crippen LogP contribution >= 0.6 is 11.6 Å². The third-order valence-corrected chi connectivity index (χ3v) is 2.03. The van der Waals surface area contributed by atoms with Gasteiger partial charge in [0.2, 0.25) is 0 Å². The molecule has 1 rings (SSSR count). The average Bonchev–Trinajstić information content (AvgIpc) is 2.29. The predicted molar refractivity (Wildman–Crippen MR) is 68.8 cm³/mol. The van der Waals surface area contributed by atoms with Crippen molar-refractivity contribution in [2.75, 3.05) is 18.5 Å². The average molecular weight is 257 g/mol. The monoisotopic (exact) mass is 256 g/mol. The summed E-state index contributed by atoms with van der Waals surface area (Å²) >= 11 is 5.74. The van der Waals surface area contributed by atoms with Gasteiger partial charge in [-0.25, -0.2) is 0 Å². The maximum absolute atomic E-state index is 8.57. The molecule has 0 aliphatic rings. The summed E-state index contributed by atoms with van der Waals surface area (Å²) in [7, 11) is 0. The van der Waals surface area contributed by atoms with E-state index in [0.29, 0.717) is 11.6 Å². The van der Waals surface area contributed by atoms with E-state index in [1.165, 1.54) is 0 Å². The van der Waals surface area contributed by atoms with E-state index in [1.807, 2.05) is 0 Å². The molecule has 0 heterocycles. The van der Waals surface area contributed by atoms with Crippen LogP contribution in [0.25, 0.3) is 0 Å². The first-order chi connectivity index (χ1) is 8.11. The minimum Gasteiger partial charge on any atom is -0.393 e. The molecule has 0 radical (unpaired) electrons. The fourth-order valence-corrected chi connectivity index (χ4v) is 1.19. The number of aliphatic hydroxyl groups is 1. The molecule has 7 N–H and O–H groups in total. The summed E-state index contributed by atoms with van der Waals surface area (Å²) in [6.07, 6.45) is 0. The van der Waals surface area contributed by atoms with E-state index in [2.05, 4.69) is 15.3 Å². The summed E-state index contributed by atoms with van der Waals surface area (Å²) in [6.45, 7) is 0.296. The second kappa shape index (κ2) is 6.72. The van der Waals surface area contributed by atoms with Gasteiger partial charge < -0.3 is 16.2 Å². The molecule has 6 nitrogen and oxygen atoms in total. The molecule has 0 saturated carbocycles. The first-order valence-electron chi connectivity index (χ1n) is 4.95. The number of aliphatic hydroxyl groups excluding tert-OH is 1. The SMILES string of the molecule is NC(/N=C(\N)Nc1ccc(Cl)cc1)=[NH+]CCO. The van der Waals surface area contributed by atoms with Crippen molar-refractivity contribution in [2.24, 2.45) is 16.5 Å². The van der Waals surface area contributed by atoms with Crippen LogP contribution in [0.15, 0.2) is 29.3 Å². The van der Waals surface area contributed by atoms with Gasteiger partial charge in [0, 0.05) is 10.7 Å². The van der Waals surface area contributed by atoms with Gasteiger partial charge in [-0.1, -0.05) is 11.6 Å². The van der Waals surface area contributed by atoms with E-state index in [9.17, 15) is 0 Å². The molecule has 0 atom stereocenters.